The van der Waals surface area contributed by atoms with Crippen molar-refractivity contribution in [2.75, 3.05) is 13.1 Å². The largest absolute Gasteiger partial charge is 0.462 e. The smallest absolute Gasteiger partial charge is 0.293 e. The summed E-state index contributed by atoms with van der Waals surface area (Å²) in [7, 11) is 0. The minimum Gasteiger partial charge on any atom is -0.462 e. The first-order valence-electron chi connectivity index (χ1n) is 4.28. The van der Waals surface area contributed by atoms with Crippen molar-refractivity contribution in [1.29, 1.82) is 0 Å². The minimum atomic E-state index is -0.318. The van der Waals surface area contributed by atoms with Gasteiger partial charge in [-0.25, -0.2) is 0 Å². The number of ether oxygens (including phenoxy) is 1. The van der Waals surface area contributed by atoms with Gasteiger partial charge < -0.3 is 10.1 Å². The monoisotopic (exact) mass is 189 g/mol. The molecule has 0 atom stereocenters. The molecule has 0 unspecified atom stereocenters. The highest BCUT2D eigenvalue weighted by atomic mass is 16.5. The van der Waals surface area contributed by atoms with E-state index in [9.17, 15) is 4.79 Å². The zero-order chi connectivity index (χ0) is 10.3. The van der Waals surface area contributed by atoms with Crippen LogP contribution in [0.25, 0.3) is 0 Å². The second kappa shape index (κ2) is 5.90. The van der Waals surface area contributed by atoms with Gasteiger partial charge in [-0.1, -0.05) is 0 Å². The van der Waals surface area contributed by atoms with E-state index in [1.54, 1.807) is 0 Å². The average Bonchev–Trinajstić information content (AvgIpc) is 1.82. The fourth-order valence-electron chi connectivity index (χ4n) is 0.551. The quantitative estimate of drug-likeness (QED) is 0.306. The molecule has 1 fully saturated rings. The maximum atomic E-state index is 9.60. The molecular weight excluding hydrogens is 170 g/mol. The first-order valence-corrected chi connectivity index (χ1v) is 4.28. The first kappa shape index (κ1) is 12.3. The van der Waals surface area contributed by atoms with Crippen LogP contribution in [0.1, 0.15) is 20.8 Å². The van der Waals surface area contributed by atoms with Gasteiger partial charge in [0.05, 0.1) is 0 Å². The lowest BCUT2D eigenvalue weighted by molar-refractivity contribution is -0.138. The third-order valence-corrected chi connectivity index (χ3v) is 1.42. The molecule has 0 radical (unpaired) electrons. The van der Waals surface area contributed by atoms with Crippen LogP contribution in [-0.4, -0.2) is 31.2 Å². The highest BCUT2D eigenvalue weighted by Crippen LogP contribution is 2.02. The van der Waals surface area contributed by atoms with E-state index < -0.39 is 0 Å². The Kier molecular flexibility index (Phi) is 5.61. The highest BCUT2D eigenvalue weighted by molar-refractivity contribution is 5.37. The predicted octanol–water partition coefficient (Wildman–Crippen LogP) is -0.621. The van der Waals surface area contributed by atoms with Crippen LogP contribution in [0.15, 0.2) is 0 Å². The highest BCUT2D eigenvalue weighted by Gasteiger charge is 2.12. The molecular formula is C8H19N3O2. The van der Waals surface area contributed by atoms with Crippen LogP contribution in [0.2, 0.25) is 0 Å². The lowest BCUT2D eigenvalue weighted by Gasteiger charge is -2.25. The Bertz CT molecular complexity index is 138. The molecule has 13 heavy (non-hydrogen) atoms. The van der Waals surface area contributed by atoms with E-state index in [0.717, 1.165) is 13.1 Å². The van der Waals surface area contributed by atoms with E-state index in [1.165, 1.54) is 0 Å². The molecule has 5 nitrogen and oxygen atoms in total. The minimum absolute atomic E-state index is 0.318. The summed E-state index contributed by atoms with van der Waals surface area (Å²) in [6.07, 6.45) is 0. The Hall–Kier alpha value is -0.650. The van der Waals surface area contributed by atoms with Gasteiger partial charge in [0.2, 0.25) is 0 Å². The molecule has 78 valence electrons. The van der Waals surface area contributed by atoms with Crippen molar-refractivity contribution in [3.63, 3.8) is 0 Å². The molecule has 1 heterocycles. The van der Waals surface area contributed by atoms with Crippen molar-refractivity contribution in [3.8, 4) is 0 Å². The summed E-state index contributed by atoms with van der Waals surface area (Å²) in [6.45, 7) is 7.97. The summed E-state index contributed by atoms with van der Waals surface area (Å²) < 4.78 is 4.55. The Labute approximate surface area is 79.0 Å². The zero-order valence-corrected chi connectivity index (χ0v) is 8.46. The third kappa shape index (κ3) is 7.70. The van der Waals surface area contributed by atoms with Crippen molar-refractivity contribution < 1.29 is 9.53 Å². The summed E-state index contributed by atoms with van der Waals surface area (Å²) in [5.74, 6) is 5.04. The molecule has 0 saturated carbocycles. The van der Waals surface area contributed by atoms with Gasteiger partial charge in [-0.3, -0.25) is 16.1 Å². The standard InChI is InChI=1S/C5H10O2.C3H9N3/c1-5(2,3)7-4-6;4-6-3-1-5-2-3/h4H,1-3H3;3,5-6H,1-2,4H2. The van der Waals surface area contributed by atoms with Crippen molar-refractivity contribution in [2.24, 2.45) is 5.84 Å². The summed E-state index contributed by atoms with van der Waals surface area (Å²) >= 11 is 0. The molecule has 0 aromatic heterocycles. The van der Waals surface area contributed by atoms with Gasteiger partial charge in [0.1, 0.15) is 5.60 Å². The van der Waals surface area contributed by atoms with Gasteiger partial charge in [-0.05, 0) is 20.8 Å². The van der Waals surface area contributed by atoms with Crippen LogP contribution in [-0.2, 0) is 9.53 Å². The number of nitrogens with two attached hydrogens (primary N) is 1. The molecule has 1 saturated heterocycles. The zero-order valence-electron chi connectivity index (χ0n) is 8.46. The molecule has 4 N–H and O–H groups in total. The van der Waals surface area contributed by atoms with Gasteiger partial charge in [0.25, 0.3) is 6.47 Å². The second-order valence-corrected chi connectivity index (χ2v) is 3.85. The lowest BCUT2D eigenvalue weighted by Crippen LogP contribution is -2.57. The van der Waals surface area contributed by atoms with Gasteiger partial charge >= 0.3 is 0 Å². The van der Waals surface area contributed by atoms with Crippen molar-refractivity contribution >= 4 is 6.47 Å². The topological polar surface area (TPSA) is 76.4 Å². The number of rotatable bonds is 2. The SMILES string of the molecule is CC(C)(C)OC=O.NNC1CNC1. The third-order valence-electron chi connectivity index (χ3n) is 1.42. The van der Waals surface area contributed by atoms with E-state index in [2.05, 4.69) is 15.5 Å². The normalized spacial score (nSPS) is 16.6. The molecule has 0 aromatic carbocycles. The number of hydrogen-bond acceptors (Lipinski definition) is 5. The maximum Gasteiger partial charge on any atom is 0.293 e. The number of hydrogen-bond donors (Lipinski definition) is 3. The van der Waals surface area contributed by atoms with E-state index in [0.29, 0.717) is 12.5 Å². The molecule has 1 rings (SSSR count). The number of nitrogens with one attached hydrogen (secondary N) is 2. The Balaban J connectivity index is 0.000000223. The number of carbonyl (C=O) groups is 1. The molecule has 0 amide bonds. The average molecular weight is 189 g/mol. The summed E-state index contributed by atoms with van der Waals surface area (Å²) in [5.41, 5.74) is 2.32. The molecule has 0 bridgehead atoms. The second-order valence-electron chi connectivity index (χ2n) is 3.85. The fraction of sp³-hybridized carbons (Fsp3) is 0.875. The molecule has 1 aliphatic rings. The van der Waals surface area contributed by atoms with Crippen molar-refractivity contribution in [1.82, 2.24) is 10.7 Å². The van der Waals surface area contributed by atoms with Crippen molar-refractivity contribution in [2.45, 2.75) is 32.4 Å². The molecule has 0 spiro atoms. The predicted molar refractivity (Wildman–Crippen MR) is 50.9 cm³/mol. The summed E-state index contributed by atoms with van der Waals surface area (Å²) in [4.78, 5) is 9.60. The Morgan fingerprint density at radius 3 is 2.08 bits per heavy atom. The van der Waals surface area contributed by atoms with E-state index in [4.69, 9.17) is 5.84 Å². The molecule has 5 heteroatoms. The molecule has 0 aliphatic carbocycles. The van der Waals surface area contributed by atoms with Gasteiger partial charge in [0.15, 0.2) is 0 Å². The maximum absolute atomic E-state index is 9.60. The Morgan fingerprint density at radius 1 is 1.54 bits per heavy atom. The summed E-state index contributed by atoms with van der Waals surface area (Å²) in [6, 6.07) is 0.532. The van der Waals surface area contributed by atoms with Gasteiger partial charge in [0, 0.05) is 19.1 Å². The van der Waals surface area contributed by atoms with Crippen molar-refractivity contribution in [3.05, 3.63) is 0 Å². The van der Waals surface area contributed by atoms with Crippen LogP contribution in [0.3, 0.4) is 0 Å². The van der Waals surface area contributed by atoms with Gasteiger partial charge in [-0.15, -0.1) is 0 Å². The van der Waals surface area contributed by atoms with E-state index in [-0.39, 0.29) is 5.60 Å². The number of hydrazine groups is 1. The summed E-state index contributed by atoms with van der Waals surface area (Å²) in [5, 5.41) is 3.07. The van der Waals surface area contributed by atoms with E-state index >= 15 is 0 Å². The van der Waals surface area contributed by atoms with Crippen LogP contribution in [0.4, 0.5) is 0 Å². The molecule has 1 aliphatic heterocycles. The van der Waals surface area contributed by atoms with Crippen LogP contribution in [0, 0.1) is 0 Å². The Morgan fingerprint density at radius 2 is 2.08 bits per heavy atom. The van der Waals surface area contributed by atoms with Gasteiger partial charge in [-0.2, -0.15) is 0 Å². The van der Waals surface area contributed by atoms with Crippen LogP contribution in [0.5, 0.6) is 0 Å². The number of carbonyl (C=O) groups excluding carboxylic acids is 1. The first-order chi connectivity index (χ1) is 5.99. The fourth-order valence-corrected chi connectivity index (χ4v) is 0.551. The lowest BCUT2D eigenvalue weighted by atomic mass is 10.2. The van der Waals surface area contributed by atoms with Crippen LogP contribution < -0.4 is 16.6 Å². The molecule has 0 aromatic rings. The van der Waals surface area contributed by atoms with E-state index in [1.807, 2.05) is 20.8 Å². The van der Waals surface area contributed by atoms with Crippen LogP contribution >= 0.6 is 0 Å².